The molecule has 114 valence electrons. The topological polar surface area (TPSA) is 48.8 Å². The summed E-state index contributed by atoms with van der Waals surface area (Å²) in [6, 6.07) is 2.01. The molecule has 1 aromatic heterocycles. The molecule has 1 atom stereocenters. The summed E-state index contributed by atoms with van der Waals surface area (Å²) in [5.41, 5.74) is 1.03. The van der Waals surface area contributed by atoms with Crippen molar-refractivity contribution in [3.8, 4) is 0 Å². The molecule has 0 radical (unpaired) electrons. The highest BCUT2D eigenvalue weighted by Crippen LogP contribution is 2.05. The van der Waals surface area contributed by atoms with Gasteiger partial charge in [0.1, 0.15) is 0 Å². The number of hydrogen-bond donors (Lipinski definition) is 0. The predicted octanol–water partition coefficient (Wildman–Crippen LogP) is 0.555. The molecule has 1 fully saturated rings. The average Bonchev–Trinajstić information content (AvgIpc) is 2.85. The molecule has 0 aromatic carbocycles. The molecule has 0 bridgehead atoms. The van der Waals surface area contributed by atoms with Crippen LogP contribution >= 0.6 is 0 Å². The van der Waals surface area contributed by atoms with E-state index < -0.39 is 0 Å². The van der Waals surface area contributed by atoms with E-state index in [4.69, 9.17) is 14.2 Å². The third kappa shape index (κ3) is 5.20. The molecule has 1 aliphatic heterocycles. The first-order chi connectivity index (χ1) is 9.78. The molecule has 2 rings (SSSR count). The van der Waals surface area contributed by atoms with Crippen LogP contribution in [0.3, 0.4) is 0 Å². The third-order valence-corrected chi connectivity index (χ3v) is 3.37. The van der Waals surface area contributed by atoms with E-state index >= 15 is 0 Å². The lowest BCUT2D eigenvalue weighted by Crippen LogP contribution is -2.43. The van der Waals surface area contributed by atoms with E-state index in [9.17, 15) is 0 Å². The van der Waals surface area contributed by atoms with Crippen molar-refractivity contribution in [3.05, 3.63) is 18.0 Å². The number of aryl methyl sites for hydroxylation is 1. The number of aromatic nitrogens is 2. The zero-order chi connectivity index (χ0) is 14.2. The van der Waals surface area contributed by atoms with Crippen molar-refractivity contribution in [2.24, 2.45) is 0 Å². The van der Waals surface area contributed by atoms with Crippen LogP contribution in [0.25, 0.3) is 0 Å². The monoisotopic (exact) mass is 283 g/mol. The number of nitrogens with zero attached hydrogens (tertiary/aromatic N) is 3. The van der Waals surface area contributed by atoms with Gasteiger partial charge in [-0.2, -0.15) is 5.10 Å². The SMILES string of the molecule is COCCOC(CN1CCOCC1)Cn1ccc(C)n1. The van der Waals surface area contributed by atoms with Crippen LogP contribution < -0.4 is 0 Å². The lowest BCUT2D eigenvalue weighted by Gasteiger charge is -2.30. The Labute approximate surface area is 120 Å². The van der Waals surface area contributed by atoms with Crippen molar-refractivity contribution in [3.63, 3.8) is 0 Å². The van der Waals surface area contributed by atoms with Gasteiger partial charge in [0.25, 0.3) is 0 Å². The summed E-state index contributed by atoms with van der Waals surface area (Å²) in [6.07, 6.45) is 2.13. The Kier molecular flexibility index (Phi) is 6.46. The Morgan fingerprint density at radius 1 is 1.30 bits per heavy atom. The fourth-order valence-electron chi connectivity index (χ4n) is 2.31. The van der Waals surface area contributed by atoms with Crippen LogP contribution in [-0.4, -0.2) is 74.0 Å². The van der Waals surface area contributed by atoms with Crippen LogP contribution in [0.15, 0.2) is 12.3 Å². The fourth-order valence-corrected chi connectivity index (χ4v) is 2.31. The summed E-state index contributed by atoms with van der Waals surface area (Å²) < 4.78 is 18.3. The van der Waals surface area contributed by atoms with Gasteiger partial charge in [0.05, 0.1) is 44.8 Å². The summed E-state index contributed by atoms with van der Waals surface area (Å²) in [4.78, 5) is 2.39. The van der Waals surface area contributed by atoms with Crippen molar-refractivity contribution >= 4 is 0 Å². The fraction of sp³-hybridized carbons (Fsp3) is 0.786. The molecule has 20 heavy (non-hydrogen) atoms. The third-order valence-electron chi connectivity index (χ3n) is 3.37. The first-order valence-corrected chi connectivity index (χ1v) is 7.18. The molecule has 6 heteroatoms. The van der Waals surface area contributed by atoms with Gasteiger partial charge in [-0.25, -0.2) is 0 Å². The molecule has 0 saturated carbocycles. The molecule has 1 unspecified atom stereocenters. The van der Waals surface area contributed by atoms with Gasteiger partial charge in [0.15, 0.2) is 0 Å². The van der Waals surface area contributed by atoms with Gasteiger partial charge >= 0.3 is 0 Å². The second-order valence-electron chi connectivity index (χ2n) is 5.08. The van der Waals surface area contributed by atoms with E-state index in [2.05, 4.69) is 10.00 Å². The van der Waals surface area contributed by atoms with Gasteiger partial charge < -0.3 is 14.2 Å². The lowest BCUT2D eigenvalue weighted by atomic mass is 10.3. The minimum Gasteiger partial charge on any atom is -0.382 e. The zero-order valence-corrected chi connectivity index (χ0v) is 12.5. The molecule has 0 amide bonds. The number of ether oxygens (including phenoxy) is 3. The Hall–Kier alpha value is -0.950. The van der Waals surface area contributed by atoms with Crippen molar-refractivity contribution in [2.75, 3.05) is 53.2 Å². The maximum Gasteiger partial charge on any atom is 0.0898 e. The molecule has 6 nitrogen and oxygen atoms in total. The van der Waals surface area contributed by atoms with Gasteiger partial charge in [-0.05, 0) is 13.0 Å². The smallest absolute Gasteiger partial charge is 0.0898 e. The van der Waals surface area contributed by atoms with Gasteiger partial charge in [-0.1, -0.05) is 0 Å². The number of morpholine rings is 1. The second kappa shape index (κ2) is 8.36. The molecular formula is C14H25N3O3. The minimum atomic E-state index is 0.127. The summed E-state index contributed by atoms with van der Waals surface area (Å²) in [6.45, 7) is 8.49. The number of hydrogen-bond acceptors (Lipinski definition) is 5. The van der Waals surface area contributed by atoms with E-state index in [0.717, 1.165) is 45.1 Å². The zero-order valence-electron chi connectivity index (χ0n) is 12.5. The van der Waals surface area contributed by atoms with Crippen molar-refractivity contribution < 1.29 is 14.2 Å². The highest BCUT2D eigenvalue weighted by Gasteiger charge is 2.18. The van der Waals surface area contributed by atoms with Crippen molar-refractivity contribution in [2.45, 2.75) is 19.6 Å². The number of rotatable bonds is 8. The van der Waals surface area contributed by atoms with Crippen LogP contribution in [0.5, 0.6) is 0 Å². The molecule has 1 aliphatic rings. The standard InChI is InChI=1S/C14H25N3O3/c1-13-3-4-17(15-13)12-14(20-10-9-18-2)11-16-5-7-19-8-6-16/h3-4,14H,5-12H2,1-2H3. The first-order valence-electron chi connectivity index (χ1n) is 7.18. The van der Waals surface area contributed by atoms with E-state index in [1.165, 1.54) is 0 Å². The molecule has 2 heterocycles. The van der Waals surface area contributed by atoms with Crippen LogP contribution in [0.1, 0.15) is 5.69 Å². The molecule has 1 saturated heterocycles. The van der Waals surface area contributed by atoms with Gasteiger partial charge in [-0.3, -0.25) is 9.58 Å². The van der Waals surface area contributed by atoms with Crippen molar-refractivity contribution in [1.29, 1.82) is 0 Å². The average molecular weight is 283 g/mol. The summed E-state index contributed by atoms with van der Waals surface area (Å²) in [5.74, 6) is 0. The Morgan fingerprint density at radius 3 is 2.75 bits per heavy atom. The molecule has 0 N–H and O–H groups in total. The van der Waals surface area contributed by atoms with Gasteiger partial charge in [0, 0.05) is 32.9 Å². The summed E-state index contributed by atoms with van der Waals surface area (Å²) >= 11 is 0. The van der Waals surface area contributed by atoms with E-state index in [1.54, 1.807) is 7.11 Å². The minimum absolute atomic E-state index is 0.127. The van der Waals surface area contributed by atoms with Crippen LogP contribution in [-0.2, 0) is 20.8 Å². The van der Waals surface area contributed by atoms with Crippen molar-refractivity contribution in [1.82, 2.24) is 14.7 Å². The van der Waals surface area contributed by atoms with Crippen LogP contribution in [0, 0.1) is 6.92 Å². The van der Waals surface area contributed by atoms with E-state index in [-0.39, 0.29) is 6.10 Å². The highest BCUT2D eigenvalue weighted by molar-refractivity contribution is 4.95. The molecule has 0 spiro atoms. The Bertz CT molecular complexity index is 377. The highest BCUT2D eigenvalue weighted by atomic mass is 16.5. The van der Waals surface area contributed by atoms with Gasteiger partial charge in [0.2, 0.25) is 0 Å². The summed E-state index contributed by atoms with van der Waals surface area (Å²) in [7, 11) is 1.69. The van der Waals surface area contributed by atoms with E-state index in [1.807, 2.05) is 23.9 Å². The quantitative estimate of drug-likeness (QED) is 0.652. The van der Waals surface area contributed by atoms with Crippen LogP contribution in [0.4, 0.5) is 0 Å². The maximum absolute atomic E-state index is 5.93. The lowest BCUT2D eigenvalue weighted by molar-refractivity contribution is -0.0315. The normalized spacial score (nSPS) is 18.3. The molecule has 0 aliphatic carbocycles. The number of methoxy groups -OCH3 is 1. The largest absolute Gasteiger partial charge is 0.382 e. The summed E-state index contributed by atoms with van der Waals surface area (Å²) in [5, 5.41) is 4.43. The molecular weight excluding hydrogens is 258 g/mol. The molecule has 1 aromatic rings. The predicted molar refractivity (Wildman–Crippen MR) is 75.8 cm³/mol. The first kappa shape index (κ1) is 15.4. The second-order valence-corrected chi connectivity index (χ2v) is 5.08. The Morgan fingerprint density at radius 2 is 2.10 bits per heavy atom. The Balaban J connectivity index is 1.85. The maximum atomic E-state index is 5.93. The van der Waals surface area contributed by atoms with Gasteiger partial charge in [-0.15, -0.1) is 0 Å². The van der Waals surface area contributed by atoms with E-state index in [0.29, 0.717) is 13.2 Å². The van der Waals surface area contributed by atoms with Crippen LogP contribution in [0.2, 0.25) is 0 Å².